The van der Waals surface area contributed by atoms with Gasteiger partial charge in [-0.2, -0.15) is 11.8 Å². The van der Waals surface area contributed by atoms with Crippen molar-refractivity contribution in [1.29, 1.82) is 0 Å². The van der Waals surface area contributed by atoms with Crippen molar-refractivity contribution in [2.45, 2.75) is 37.5 Å². The van der Waals surface area contributed by atoms with Crippen LogP contribution < -0.4 is 0 Å². The summed E-state index contributed by atoms with van der Waals surface area (Å²) in [5, 5.41) is 11.1. The summed E-state index contributed by atoms with van der Waals surface area (Å²) in [7, 11) is 0. The molecule has 2 heterocycles. The van der Waals surface area contributed by atoms with Gasteiger partial charge in [-0.05, 0) is 25.5 Å². The third-order valence-electron chi connectivity index (χ3n) is 2.27. The highest BCUT2D eigenvalue weighted by Crippen LogP contribution is 2.41. The van der Waals surface area contributed by atoms with Gasteiger partial charge >= 0.3 is 0 Å². The Labute approximate surface area is 92.8 Å². The topological polar surface area (TPSA) is 33.1 Å². The van der Waals surface area contributed by atoms with Gasteiger partial charge in [-0.3, -0.25) is 0 Å². The molecule has 0 aliphatic carbocycles. The molecule has 1 aromatic rings. The van der Waals surface area contributed by atoms with Crippen LogP contribution in [-0.2, 0) is 6.42 Å². The Morgan fingerprint density at radius 2 is 2.57 bits per heavy atom. The molecule has 14 heavy (non-hydrogen) atoms. The molecule has 2 unspecified atom stereocenters. The Hall–Kier alpha value is -0.0600. The number of aromatic nitrogens is 1. The molecule has 0 amide bonds. The zero-order valence-electron chi connectivity index (χ0n) is 8.27. The quantitative estimate of drug-likeness (QED) is 0.865. The summed E-state index contributed by atoms with van der Waals surface area (Å²) in [4.78, 5) is 5.65. The van der Waals surface area contributed by atoms with Crippen molar-refractivity contribution in [3.8, 4) is 0 Å². The lowest BCUT2D eigenvalue weighted by atomic mass is 10.2. The van der Waals surface area contributed by atoms with Gasteiger partial charge in [-0.25, -0.2) is 4.98 Å². The van der Waals surface area contributed by atoms with E-state index in [1.807, 2.05) is 24.9 Å². The summed E-state index contributed by atoms with van der Waals surface area (Å²) >= 11 is 3.78. The van der Waals surface area contributed by atoms with Crippen LogP contribution in [0.25, 0.3) is 0 Å². The van der Waals surface area contributed by atoms with E-state index < -0.39 is 0 Å². The number of aliphatic hydroxyl groups is 1. The van der Waals surface area contributed by atoms with Crippen LogP contribution in [0.5, 0.6) is 0 Å². The zero-order valence-corrected chi connectivity index (χ0v) is 9.90. The molecule has 2 atom stereocenters. The van der Waals surface area contributed by atoms with Gasteiger partial charge in [0.1, 0.15) is 5.01 Å². The minimum atomic E-state index is -0.250. The molecule has 1 saturated heterocycles. The molecular weight excluding hydrogens is 214 g/mol. The monoisotopic (exact) mass is 229 g/mol. The van der Waals surface area contributed by atoms with E-state index >= 15 is 0 Å². The summed E-state index contributed by atoms with van der Waals surface area (Å²) in [6.45, 7) is 1.82. The molecule has 1 aliphatic heterocycles. The van der Waals surface area contributed by atoms with E-state index in [1.165, 1.54) is 28.5 Å². The first-order valence-corrected chi connectivity index (χ1v) is 6.86. The van der Waals surface area contributed by atoms with Crippen molar-refractivity contribution >= 4 is 23.1 Å². The highest BCUT2D eigenvalue weighted by Gasteiger charge is 2.20. The number of rotatable bonds is 3. The van der Waals surface area contributed by atoms with Crippen LogP contribution in [0.2, 0.25) is 0 Å². The lowest BCUT2D eigenvalue weighted by Gasteiger charge is -2.02. The number of nitrogens with zero attached hydrogens (tertiary/aromatic N) is 1. The number of hydrogen-bond acceptors (Lipinski definition) is 4. The first kappa shape index (κ1) is 10.5. The SMILES string of the molecule is CC(O)Cc1cnc(C2CCCS2)s1. The van der Waals surface area contributed by atoms with Gasteiger partial charge in [0.15, 0.2) is 0 Å². The lowest BCUT2D eigenvalue weighted by Crippen LogP contribution is -2.01. The molecule has 1 N–H and O–H groups in total. The van der Waals surface area contributed by atoms with Crippen molar-refractivity contribution in [3.05, 3.63) is 16.1 Å². The Balaban J connectivity index is 2.01. The van der Waals surface area contributed by atoms with E-state index in [1.54, 1.807) is 11.3 Å². The average Bonchev–Trinajstić information content (AvgIpc) is 2.69. The molecule has 2 nitrogen and oxygen atoms in total. The highest BCUT2D eigenvalue weighted by molar-refractivity contribution is 7.99. The van der Waals surface area contributed by atoms with Gasteiger partial charge in [0, 0.05) is 17.5 Å². The molecule has 4 heteroatoms. The van der Waals surface area contributed by atoms with E-state index in [0.29, 0.717) is 5.25 Å². The highest BCUT2D eigenvalue weighted by atomic mass is 32.2. The Morgan fingerprint density at radius 1 is 1.71 bits per heavy atom. The molecule has 1 fully saturated rings. The standard InChI is InChI=1S/C10H15NOS2/c1-7(12)5-8-6-11-10(14-8)9-3-2-4-13-9/h6-7,9,12H,2-5H2,1H3. The van der Waals surface area contributed by atoms with Gasteiger partial charge in [0.05, 0.1) is 11.4 Å². The summed E-state index contributed by atoms with van der Waals surface area (Å²) in [6, 6.07) is 0. The van der Waals surface area contributed by atoms with Crippen molar-refractivity contribution in [1.82, 2.24) is 4.98 Å². The number of thiazole rings is 1. The predicted molar refractivity (Wildman–Crippen MR) is 61.9 cm³/mol. The van der Waals surface area contributed by atoms with E-state index in [2.05, 4.69) is 4.98 Å². The number of hydrogen-bond donors (Lipinski definition) is 1. The van der Waals surface area contributed by atoms with Crippen LogP contribution in [0.3, 0.4) is 0 Å². The zero-order chi connectivity index (χ0) is 9.97. The normalized spacial score (nSPS) is 24.0. The largest absolute Gasteiger partial charge is 0.393 e. The van der Waals surface area contributed by atoms with Crippen LogP contribution in [0, 0.1) is 0 Å². The minimum Gasteiger partial charge on any atom is -0.393 e. The molecule has 1 aromatic heterocycles. The molecule has 0 spiro atoms. The second-order valence-electron chi connectivity index (χ2n) is 3.72. The number of thioether (sulfide) groups is 1. The Kier molecular flexibility index (Phi) is 3.47. The first-order valence-electron chi connectivity index (χ1n) is 5.00. The molecule has 1 aliphatic rings. The lowest BCUT2D eigenvalue weighted by molar-refractivity contribution is 0.196. The summed E-state index contributed by atoms with van der Waals surface area (Å²) in [5.41, 5.74) is 0. The van der Waals surface area contributed by atoms with E-state index in [4.69, 9.17) is 0 Å². The second-order valence-corrected chi connectivity index (χ2v) is 6.18. The molecule has 0 radical (unpaired) electrons. The Bertz CT molecular complexity index is 292. The van der Waals surface area contributed by atoms with Gasteiger partial charge < -0.3 is 5.11 Å². The summed E-state index contributed by atoms with van der Waals surface area (Å²) in [6.07, 6.45) is 5.01. The predicted octanol–water partition coefficient (Wildman–Crippen LogP) is 2.63. The third-order valence-corrected chi connectivity index (χ3v) is 4.94. The fourth-order valence-electron chi connectivity index (χ4n) is 1.63. The maximum atomic E-state index is 9.25. The van der Waals surface area contributed by atoms with Gasteiger partial charge in [0.2, 0.25) is 0 Å². The van der Waals surface area contributed by atoms with Crippen molar-refractivity contribution in [2.75, 3.05) is 5.75 Å². The molecule has 2 rings (SSSR count). The van der Waals surface area contributed by atoms with Crippen molar-refractivity contribution < 1.29 is 5.11 Å². The van der Waals surface area contributed by atoms with E-state index in [-0.39, 0.29) is 6.10 Å². The molecule has 0 aromatic carbocycles. The van der Waals surface area contributed by atoms with Crippen LogP contribution in [-0.4, -0.2) is 21.9 Å². The number of aliphatic hydroxyl groups excluding tert-OH is 1. The Morgan fingerprint density at radius 3 is 3.21 bits per heavy atom. The van der Waals surface area contributed by atoms with Crippen molar-refractivity contribution in [3.63, 3.8) is 0 Å². The van der Waals surface area contributed by atoms with E-state index in [0.717, 1.165) is 6.42 Å². The van der Waals surface area contributed by atoms with Crippen LogP contribution in [0.1, 0.15) is 34.9 Å². The fourth-order valence-corrected chi connectivity index (χ4v) is 4.19. The van der Waals surface area contributed by atoms with Gasteiger partial charge in [-0.1, -0.05) is 0 Å². The average molecular weight is 229 g/mol. The minimum absolute atomic E-state index is 0.250. The third kappa shape index (κ3) is 2.49. The van der Waals surface area contributed by atoms with Crippen molar-refractivity contribution in [2.24, 2.45) is 0 Å². The van der Waals surface area contributed by atoms with Gasteiger partial charge in [0.25, 0.3) is 0 Å². The summed E-state index contributed by atoms with van der Waals surface area (Å²) < 4.78 is 0. The molecular formula is C10H15NOS2. The maximum absolute atomic E-state index is 9.25. The second kappa shape index (κ2) is 4.64. The van der Waals surface area contributed by atoms with Crippen LogP contribution in [0.15, 0.2) is 6.20 Å². The fraction of sp³-hybridized carbons (Fsp3) is 0.700. The summed E-state index contributed by atoms with van der Waals surface area (Å²) in [5.74, 6) is 1.27. The van der Waals surface area contributed by atoms with Gasteiger partial charge in [-0.15, -0.1) is 11.3 Å². The maximum Gasteiger partial charge on any atom is 0.106 e. The molecule has 0 bridgehead atoms. The molecule has 0 saturated carbocycles. The first-order chi connectivity index (χ1) is 6.75. The van der Waals surface area contributed by atoms with E-state index in [9.17, 15) is 5.11 Å². The molecule has 78 valence electrons. The van der Waals surface area contributed by atoms with Crippen LogP contribution in [0.4, 0.5) is 0 Å². The van der Waals surface area contributed by atoms with Crippen LogP contribution >= 0.6 is 23.1 Å². The smallest absolute Gasteiger partial charge is 0.106 e.